The van der Waals surface area contributed by atoms with Crippen molar-refractivity contribution in [2.75, 3.05) is 13.1 Å². The zero-order chi connectivity index (χ0) is 16.0. The van der Waals surface area contributed by atoms with Crippen LogP contribution in [0.2, 0.25) is 0 Å². The van der Waals surface area contributed by atoms with E-state index in [-0.39, 0.29) is 24.3 Å². The number of hydrogen-bond acceptors (Lipinski definition) is 3. The fourth-order valence-electron chi connectivity index (χ4n) is 2.74. The van der Waals surface area contributed by atoms with Crippen molar-refractivity contribution in [3.05, 3.63) is 35.9 Å². The van der Waals surface area contributed by atoms with Gasteiger partial charge in [0, 0.05) is 12.0 Å². The minimum atomic E-state index is -0.391. The van der Waals surface area contributed by atoms with Crippen LogP contribution in [0.4, 0.5) is 4.79 Å². The lowest BCUT2D eigenvalue weighted by molar-refractivity contribution is -0.130. The second kappa shape index (κ2) is 7.43. The van der Waals surface area contributed by atoms with Gasteiger partial charge in [-0.3, -0.25) is 4.79 Å². The first-order chi connectivity index (χ1) is 10.5. The number of amides is 1. The van der Waals surface area contributed by atoms with Gasteiger partial charge < -0.3 is 9.64 Å². The molecule has 0 aliphatic carbocycles. The number of nitrogens with zero attached hydrogens (tertiary/aromatic N) is 1. The number of carbonyl (C=O) groups is 2. The van der Waals surface area contributed by atoms with Crippen LogP contribution >= 0.6 is 0 Å². The normalized spacial score (nSPS) is 22.8. The maximum absolute atomic E-state index is 12.5. The second-order valence-corrected chi connectivity index (χ2v) is 6.26. The van der Waals surface area contributed by atoms with E-state index >= 15 is 0 Å². The van der Waals surface area contributed by atoms with Crippen LogP contribution in [-0.2, 0) is 16.1 Å². The van der Waals surface area contributed by atoms with Gasteiger partial charge in [0.15, 0.2) is 5.78 Å². The van der Waals surface area contributed by atoms with Gasteiger partial charge in [0.05, 0.1) is 6.54 Å². The molecule has 1 saturated heterocycles. The number of Topliss-reactive ketones (excluding diaryl/α,β-unsaturated/α-hetero) is 1. The Balaban J connectivity index is 1.95. The highest BCUT2D eigenvalue weighted by Gasteiger charge is 2.34. The first kappa shape index (κ1) is 16.5. The van der Waals surface area contributed by atoms with Crippen LogP contribution < -0.4 is 0 Å². The number of benzene rings is 1. The second-order valence-electron chi connectivity index (χ2n) is 6.26. The fourth-order valence-corrected chi connectivity index (χ4v) is 2.74. The van der Waals surface area contributed by atoms with Crippen LogP contribution in [0.3, 0.4) is 0 Å². The molecule has 120 valence electrons. The Hall–Kier alpha value is -1.84. The molecule has 0 saturated carbocycles. The van der Waals surface area contributed by atoms with E-state index in [2.05, 4.69) is 0 Å². The fraction of sp³-hybridized carbons (Fsp3) is 0.556. The Morgan fingerprint density at radius 2 is 2.00 bits per heavy atom. The molecule has 0 aromatic heterocycles. The molecule has 1 fully saturated rings. The van der Waals surface area contributed by atoms with Crippen molar-refractivity contribution in [2.24, 2.45) is 5.41 Å². The van der Waals surface area contributed by atoms with Gasteiger partial charge in [0.25, 0.3) is 0 Å². The lowest BCUT2D eigenvalue weighted by atomic mass is 9.77. The molecule has 1 aromatic carbocycles. The molecule has 0 spiro atoms. The smallest absolute Gasteiger partial charge is 0.410 e. The van der Waals surface area contributed by atoms with Crippen LogP contribution in [-0.4, -0.2) is 29.9 Å². The Labute approximate surface area is 132 Å². The molecule has 1 aliphatic heterocycles. The number of ether oxygens (including phenoxy) is 1. The Bertz CT molecular complexity index is 514. The van der Waals surface area contributed by atoms with E-state index < -0.39 is 6.09 Å². The highest BCUT2D eigenvalue weighted by Crippen LogP contribution is 2.31. The minimum Gasteiger partial charge on any atom is -0.445 e. The molecular weight excluding hydrogens is 278 g/mol. The number of carbonyl (C=O) groups excluding carboxylic acids is 2. The van der Waals surface area contributed by atoms with E-state index in [1.54, 1.807) is 4.90 Å². The van der Waals surface area contributed by atoms with Gasteiger partial charge >= 0.3 is 6.09 Å². The summed E-state index contributed by atoms with van der Waals surface area (Å²) in [6.07, 6.45) is 3.23. The predicted octanol–water partition coefficient (Wildman–Crippen LogP) is 3.79. The van der Waals surface area contributed by atoms with Gasteiger partial charge in [-0.05, 0) is 24.8 Å². The summed E-state index contributed by atoms with van der Waals surface area (Å²) in [6, 6.07) is 9.58. The molecule has 0 radical (unpaired) electrons. The molecule has 0 bridgehead atoms. The third-order valence-electron chi connectivity index (χ3n) is 4.66. The summed E-state index contributed by atoms with van der Waals surface area (Å²) in [5, 5.41) is 0. The van der Waals surface area contributed by atoms with Crippen LogP contribution in [0, 0.1) is 5.41 Å². The van der Waals surface area contributed by atoms with Gasteiger partial charge in [-0.15, -0.1) is 0 Å². The molecular formula is C18H25NO3. The van der Waals surface area contributed by atoms with E-state index in [4.69, 9.17) is 4.74 Å². The number of rotatable bonds is 3. The van der Waals surface area contributed by atoms with Gasteiger partial charge in [0.1, 0.15) is 6.61 Å². The summed E-state index contributed by atoms with van der Waals surface area (Å²) in [4.78, 5) is 26.2. The highest BCUT2D eigenvalue weighted by atomic mass is 16.6. The lowest BCUT2D eigenvalue weighted by Gasteiger charge is -2.33. The monoisotopic (exact) mass is 303 g/mol. The Morgan fingerprint density at radius 1 is 1.27 bits per heavy atom. The van der Waals surface area contributed by atoms with E-state index in [0.29, 0.717) is 6.54 Å². The summed E-state index contributed by atoms with van der Waals surface area (Å²) < 4.78 is 5.35. The number of likely N-dealkylation sites (tertiary alicyclic amines) is 1. The SMILES string of the molecule is CCC1(C)CCCCN(C(=O)OCc2ccccc2)CC1=O. The van der Waals surface area contributed by atoms with Crippen molar-refractivity contribution in [3.63, 3.8) is 0 Å². The van der Waals surface area contributed by atoms with Crippen LogP contribution in [0.25, 0.3) is 0 Å². The van der Waals surface area contributed by atoms with Crippen molar-refractivity contribution >= 4 is 11.9 Å². The molecule has 0 N–H and O–H groups in total. The summed E-state index contributed by atoms with van der Waals surface area (Å²) >= 11 is 0. The maximum Gasteiger partial charge on any atom is 0.410 e. The molecule has 1 aromatic rings. The number of ketones is 1. The van der Waals surface area contributed by atoms with Crippen LogP contribution in [0.5, 0.6) is 0 Å². The standard InChI is InChI=1S/C18H25NO3/c1-3-18(2)11-7-8-12-19(13-16(18)20)17(21)22-14-15-9-5-4-6-10-15/h4-6,9-10H,3,7-8,11-14H2,1-2H3. The molecule has 1 amide bonds. The van der Waals surface area contributed by atoms with Crippen molar-refractivity contribution in [3.8, 4) is 0 Å². The van der Waals surface area contributed by atoms with Crippen molar-refractivity contribution in [1.82, 2.24) is 4.90 Å². The summed E-state index contributed by atoms with van der Waals surface area (Å²) in [5.41, 5.74) is 0.644. The molecule has 22 heavy (non-hydrogen) atoms. The third kappa shape index (κ3) is 4.09. The van der Waals surface area contributed by atoms with Crippen molar-refractivity contribution < 1.29 is 14.3 Å². The number of hydrogen-bond donors (Lipinski definition) is 0. The summed E-state index contributed by atoms with van der Waals surface area (Å²) in [5.74, 6) is 0.145. The first-order valence-electron chi connectivity index (χ1n) is 8.04. The largest absolute Gasteiger partial charge is 0.445 e. The van der Waals surface area contributed by atoms with Gasteiger partial charge in [-0.25, -0.2) is 4.79 Å². The lowest BCUT2D eigenvalue weighted by Crippen LogP contribution is -2.43. The highest BCUT2D eigenvalue weighted by molar-refractivity contribution is 5.88. The van der Waals surface area contributed by atoms with Crippen molar-refractivity contribution in [1.29, 1.82) is 0 Å². The molecule has 1 heterocycles. The average Bonchev–Trinajstić information content (AvgIpc) is 2.54. The topological polar surface area (TPSA) is 46.6 Å². The van der Waals surface area contributed by atoms with E-state index in [1.807, 2.05) is 44.2 Å². The maximum atomic E-state index is 12.5. The third-order valence-corrected chi connectivity index (χ3v) is 4.66. The molecule has 1 atom stereocenters. The van der Waals surface area contributed by atoms with Crippen molar-refractivity contribution in [2.45, 2.75) is 46.1 Å². The van der Waals surface area contributed by atoms with E-state index in [9.17, 15) is 9.59 Å². The molecule has 1 unspecified atom stereocenters. The predicted molar refractivity (Wildman–Crippen MR) is 85.5 cm³/mol. The zero-order valence-corrected chi connectivity index (χ0v) is 13.5. The first-order valence-corrected chi connectivity index (χ1v) is 8.04. The van der Waals surface area contributed by atoms with E-state index in [0.717, 1.165) is 31.2 Å². The minimum absolute atomic E-state index is 0.145. The van der Waals surface area contributed by atoms with Gasteiger partial charge in [-0.1, -0.05) is 50.6 Å². The average molecular weight is 303 g/mol. The Kier molecular flexibility index (Phi) is 5.58. The molecule has 1 aliphatic rings. The van der Waals surface area contributed by atoms with E-state index in [1.165, 1.54) is 0 Å². The van der Waals surface area contributed by atoms with Crippen LogP contribution in [0.1, 0.15) is 45.1 Å². The summed E-state index contributed by atoms with van der Waals surface area (Å²) in [7, 11) is 0. The van der Waals surface area contributed by atoms with Gasteiger partial charge in [-0.2, -0.15) is 0 Å². The molecule has 4 nitrogen and oxygen atoms in total. The quantitative estimate of drug-likeness (QED) is 0.853. The van der Waals surface area contributed by atoms with Gasteiger partial charge in [0.2, 0.25) is 0 Å². The Morgan fingerprint density at radius 3 is 2.68 bits per heavy atom. The molecule has 4 heteroatoms. The molecule has 2 rings (SSSR count). The van der Waals surface area contributed by atoms with Crippen LogP contribution in [0.15, 0.2) is 30.3 Å². The zero-order valence-electron chi connectivity index (χ0n) is 13.5. The summed E-state index contributed by atoms with van der Waals surface area (Å²) in [6.45, 7) is 5.05.